The first-order chi connectivity index (χ1) is 15.5. The van der Waals surface area contributed by atoms with Gasteiger partial charge in [-0.2, -0.15) is 0 Å². The second-order valence-corrected chi connectivity index (χ2v) is 6.77. The van der Waals surface area contributed by atoms with E-state index in [-0.39, 0.29) is 12.8 Å². The normalized spacial score (nSPS) is 12.4. The van der Waals surface area contributed by atoms with Gasteiger partial charge in [0.1, 0.15) is 12.1 Å². The Balaban J connectivity index is 1.99. The zero-order valence-electron chi connectivity index (χ0n) is 17.9. The summed E-state index contributed by atoms with van der Waals surface area (Å²) >= 11 is 0. The summed E-state index contributed by atoms with van der Waals surface area (Å²) in [5.74, 6) is -2.00. The molecule has 2 aromatic rings. The first-order valence-electron chi connectivity index (χ1n) is 9.98. The van der Waals surface area contributed by atoms with E-state index >= 15 is 0 Å². The Morgan fingerprint density at radius 2 is 1.03 bits per heavy atom. The molecule has 0 aliphatic rings. The molecule has 32 heavy (non-hydrogen) atoms. The molecular weight excluding hydrogens is 412 g/mol. The number of nitrogens with one attached hydrogen (secondary N) is 2. The van der Waals surface area contributed by atoms with Gasteiger partial charge in [0.05, 0.1) is 14.2 Å². The lowest BCUT2D eigenvalue weighted by atomic mass is 10.1. The first-order valence-corrected chi connectivity index (χ1v) is 9.98. The van der Waals surface area contributed by atoms with Crippen LogP contribution >= 0.6 is 0 Å². The number of carbonyl (C=O) groups excluding carboxylic acids is 4. The fourth-order valence-electron chi connectivity index (χ4n) is 2.84. The van der Waals surface area contributed by atoms with E-state index in [1.807, 2.05) is 0 Å². The van der Waals surface area contributed by atoms with E-state index in [9.17, 15) is 19.2 Å². The molecule has 8 nitrogen and oxygen atoms in total. The third kappa shape index (κ3) is 7.39. The van der Waals surface area contributed by atoms with Crippen LogP contribution in [-0.2, 0) is 19.1 Å². The van der Waals surface area contributed by atoms with Gasteiger partial charge in [0.2, 0.25) is 0 Å². The molecule has 0 aromatic heterocycles. The van der Waals surface area contributed by atoms with Gasteiger partial charge in [-0.15, -0.1) is 0 Å². The standard InChI is InChI=1S/C24H26N2O6/c1-31-23(29)19(25-21(27)17-11-5-3-6-12-17)15-9-10-16-20(24(30)32-2)26-22(28)18-13-7-4-8-14-18/h3-14,19-20H,15-16H2,1-2H3,(H,25,27)(H,26,28). The van der Waals surface area contributed by atoms with Gasteiger partial charge in [-0.1, -0.05) is 48.6 Å². The Morgan fingerprint density at radius 1 is 0.688 bits per heavy atom. The minimum Gasteiger partial charge on any atom is -0.467 e. The maximum absolute atomic E-state index is 12.3. The van der Waals surface area contributed by atoms with E-state index in [2.05, 4.69) is 10.6 Å². The number of benzene rings is 2. The summed E-state index contributed by atoms with van der Waals surface area (Å²) in [6, 6.07) is 15.2. The monoisotopic (exact) mass is 438 g/mol. The molecule has 0 saturated carbocycles. The van der Waals surface area contributed by atoms with Gasteiger partial charge >= 0.3 is 11.9 Å². The van der Waals surface area contributed by atoms with Gasteiger partial charge in [-0.25, -0.2) is 9.59 Å². The predicted molar refractivity (Wildman–Crippen MR) is 118 cm³/mol. The van der Waals surface area contributed by atoms with Gasteiger partial charge < -0.3 is 20.1 Å². The molecule has 0 bridgehead atoms. The van der Waals surface area contributed by atoms with Crippen LogP contribution in [0.3, 0.4) is 0 Å². The summed E-state index contributed by atoms with van der Waals surface area (Å²) in [7, 11) is 2.47. The van der Waals surface area contributed by atoms with Gasteiger partial charge in [0.15, 0.2) is 0 Å². The molecule has 2 aromatic carbocycles. The van der Waals surface area contributed by atoms with Crippen molar-refractivity contribution in [2.24, 2.45) is 0 Å². The summed E-state index contributed by atoms with van der Waals surface area (Å²) in [6.07, 6.45) is 3.56. The number of methoxy groups -OCH3 is 2. The van der Waals surface area contributed by atoms with Crippen LogP contribution in [0.4, 0.5) is 0 Å². The molecule has 2 unspecified atom stereocenters. The van der Waals surface area contributed by atoms with E-state index in [4.69, 9.17) is 9.47 Å². The summed E-state index contributed by atoms with van der Waals surface area (Å²) in [4.78, 5) is 48.8. The van der Waals surface area contributed by atoms with E-state index in [0.717, 1.165) is 0 Å². The highest BCUT2D eigenvalue weighted by Crippen LogP contribution is 2.06. The molecule has 0 heterocycles. The summed E-state index contributed by atoms with van der Waals surface area (Å²) in [5.41, 5.74) is 0.833. The van der Waals surface area contributed by atoms with Crippen molar-refractivity contribution in [3.8, 4) is 0 Å². The highest BCUT2D eigenvalue weighted by molar-refractivity contribution is 5.97. The van der Waals surface area contributed by atoms with E-state index in [0.29, 0.717) is 11.1 Å². The van der Waals surface area contributed by atoms with Crippen LogP contribution in [0, 0.1) is 0 Å². The molecule has 2 atom stereocenters. The topological polar surface area (TPSA) is 111 Å². The van der Waals surface area contributed by atoms with Crippen molar-refractivity contribution in [1.82, 2.24) is 10.6 Å². The maximum Gasteiger partial charge on any atom is 0.328 e. The molecule has 0 aliphatic heterocycles. The van der Waals surface area contributed by atoms with Crippen LogP contribution in [0.15, 0.2) is 72.8 Å². The molecule has 0 radical (unpaired) electrons. The lowest BCUT2D eigenvalue weighted by molar-refractivity contribution is -0.143. The minimum atomic E-state index is -0.903. The molecule has 0 fully saturated rings. The predicted octanol–water partition coefficient (Wildman–Crippen LogP) is 2.27. The van der Waals surface area contributed by atoms with Crippen LogP contribution in [-0.4, -0.2) is 50.1 Å². The minimum absolute atomic E-state index is 0.145. The Morgan fingerprint density at radius 3 is 1.34 bits per heavy atom. The van der Waals surface area contributed by atoms with Crippen molar-refractivity contribution in [3.05, 3.63) is 83.9 Å². The SMILES string of the molecule is COC(=O)C(CC=CCC(NC(=O)c1ccccc1)C(=O)OC)NC(=O)c1ccccc1. The zero-order chi connectivity index (χ0) is 23.3. The van der Waals surface area contributed by atoms with Crippen molar-refractivity contribution in [2.45, 2.75) is 24.9 Å². The average molecular weight is 438 g/mol. The molecule has 0 saturated heterocycles. The molecule has 2 N–H and O–H groups in total. The third-order valence-corrected chi connectivity index (χ3v) is 4.56. The molecule has 2 rings (SSSR count). The number of hydrogen-bond donors (Lipinski definition) is 2. The Hall–Kier alpha value is -3.94. The highest BCUT2D eigenvalue weighted by atomic mass is 16.5. The second kappa shape index (κ2) is 12.7. The van der Waals surface area contributed by atoms with Crippen molar-refractivity contribution in [2.75, 3.05) is 14.2 Å². The summed E-state index contributed by atoms with van der Waals surface area (Å²) in [5, 5.41) is 5.27. The lowest BCUT2D eigenvalue weighted by Crippen LogP contribution is -2.41. The van der Waals surface area contributed by atoms with Crippen molar-refractivity contribution in [3.63, 3.8) is 0 Å². The molecular formula is C24H26N2O6. The average Bonchev–Trinajstić information content (AvgIpc) is 2.84. The van der Waals surface area contributed by atoms with Gasteiger partial charge in [0.25, 0.3) is 11.8 Å². The van der Waals surface area contributed by atoms with Crippen molar-refractivity contribution >= 4 is 23.8 Å². The highest BCUT2D eigenvalue weighted by Gasteiger charge is 2.22. The number of carbonyl (C=O) groups is 4. The Bertz CT molecular complexity index is 866. The van der Waals surface area contributed by atoms with Gasteiger partial charge in [-0.05, 0) is 37.1 Å². The third-order valence-electron chi connectivity index (χ3n) is 4.56. The number of rotatable bonds is 10. The van der Waals surface area contributed by atoms with Gasteiger partial charge in [0, 0.05) is 11.1 Å². The number of esters is 2. The Labute approximate surface area is 186 Å². The van der Waals surface area contributed by atoms with Gasteiger partial charge in [-0.3, -0.25) is 9.59 Å². The van der Waals surface area contributed by atoms with Crippen molar-refractivity contribution < 1.29 is 28.7 Å². The molecule has 168 valence electrons. The maximum atomic E-state index is 12.3. The van der Waals surface area contributed by atoms with Crippen LogP contribution in [0.5, 0.6) is 0 Å². The molecule has 2 amide bonds. The molecule has 0 spiro atoms. The second-order valence-electron chi connectivity index (χ2n) is 6.77. The van der Waals surface area contributed by atoms with Crippen molar-refractivity contribution in [1.29, 1.82) is 0 Å². The lowest BCUT2D eigenvalue weighted by Gasteiger charge is -2.16. The fourth-order valence-corrected chi connectivity index (χ4v) is 2.84. The van der Waals surface area contributed by atoms with E-state index in [1.165, 1.54) is 14.2 Å². The zero-order valence-corrected chi connectivity index (χ0v) is 17.9. The molecule has 8 heteroatoms. The van der Waals surface area contributed by atoms with Crippen LogP contribution in [0.1, 0.15) is 33.6 Å². The van der Waals surface area contributed by atoms with Crippen LogP contribution < -0.4 is 10.6 Å². The summed E-state index contributed by atoms with van der Waals surface area (Å²) < 4.78 is 9.53. The smallest absolute Gasteiger partial charge is 0.328 e. The fraction of sp³-hybridized carbons (Fsp3) is 0.250. The van der Waals surface area contributed by atoms with Crippen LogP contribution in [0.2, 0.25) is 0 Å². The molecule has 0 aliphatic carbocycles. The number of amides is 2. The largest absolute Gasteiger partial charge is 0.467 e. The van der Waals surface area contributed by atoms with Crippen LogP contribution in [0.25, 0.3) is 0 Å². The quantitative estimate of drug-likeness (QED) is 0.435. The Kier molecular flexibility index (Phi) is 9.65. The number of ether oxygens (including phenoxy) is 2. The summed E-state index contributed by atoms with van der Waals surface area (Å²) in [6.45, 7) is 0. The van der Waals surface area contributed by atoms with E-state index < -0.39 is 35.8 Å². The first kappa shape index (κ1) is 24.3. The van der Waals surface area contributed by atoms with E-state index in [1.54, 1.807) is 72.8 Å². The number of hydrogen-bond acceptors (Lipinski definition) is 6.